The predicted molar refractivity (Wildman–Crippen MR) is 94.6 cm³/mol. The van der Waals surface area contributed by atoms with Gasteiger partial charge in [-0.3, -0.25) is 5.32 Å². The number of hydrogen-bond donors (Lipinski definition) is 2. The molecule has 2 amide bonds. The lowest BCUT2D eigenvalue weighted by Crippen LogP contribution is -2.19. The van der Waals surface area contributed by atoms with Crippen LogP contribution in [0, 0.1) is 0 Å². The van der Waals surface area contributed by atoms with Crippen LogP contribution < -0.4 is 15.4 Å². The number of amides is 2. The van der Waals surface area contributed by atoms with Gasteiger partial charge in [0, 0.05) is 11.8 Å². The Morgan fingerprint density at radius 3 is 2.83 bits per heavy atom. The van der Waals surface area contributed by atoms with Crippen molar-refractivity contribution in [1.82, 2.24) is 4.98 Å². The minimum atomic E-state index is -0.324. The van der Waals surface area contributed by atoms with Crippen LogP contribution in [0.2, 0.25) is 0 Å². The van der Waals surface area contributed by atoms with Gasteiger partial charge in [-0.2, -0.15) is 0 Å². The Morgan fingerprint density at radius 1 is 1.22 bits per heavy atom. The number of aryl methyl sites for hydroxylation is 1. The number of urea groups is 1. The largest absolute Gasteiger partial charge is 0.497 e. The molecule has 6 heteroatoms. The highest BCUT2D eigenvalue weighted by atomic mass is 32.1. The first-order valence-electron chi connectivity index (χ1n) is 7.30. The summed E-state index contributed by atoms with van der Waals surface area (Å²) in [5.74, 6) is 0.690. The first-order valence-corrected chi connectivity index (χ1v) is 8.11. The maximum atomic E-state index is 12.1. The van der Waals surface area contributed by atoms with Crippen LogP contribution in [0.25, 0.3) is 10.2 Å². The molecule has 2 aromatic carbocycles. The van der Waals surface area contributed by atoms with Gasteiger partial charge in [0.25, 0.3) is 0 Å². The van der Waals surface area contributed by atoms with Crippen LogP contribution in [0.1, 0.15) is 12.5 Å². The third-order valence-corrected chi connectivity index (χ3v) is 4.37. The summed E-state index contributed by atoms with van der Waals surface area (Å²) < 4.78 is 6.21. The van der Waals surface area contributed by atoms with E-state index in [1.807, 2.05) is 24.3 Å². The van der Waals surface area contributed by atoms with Gasteiger partial charge in [-0.1, -0.05) is 36.5 Å². The Balaban J connectivity index is 1.75. The highest BCUT2D eigenvalue weighted by Crippen LogP contribution is 2.28. The van der Waals surface area contributed by atoms with Gasteiger partial charge in [-0.05, 0) is 30.2 Å². The fourth-order valence-electron chi connectivity index (χ4n) is 2.30. The second-order valence-corrected chi connectivity index (χ2v) is 5.98. The summed E-state index contributed by atoms with van der Waals surface area (Å²) in [7, 11) is 1.59. The Bertz CT molecular complexity index is 845. The summed E-state index contributed by atoms with van der Waals surface area (Å²) in [5.41, 5.74) is 2.80. The van der Waals surface area contributed by atoms with Crippen molar-refractivity contribution in [3.8, 4) is 5.75 Å². The smallest absolute Gasteiger partial charge is 0.325 e. The molecule has 2 N–H and O–H groups in total. The van der Waals surface area contributed by atoms with Crippen molar-refractivity contribution in [2.45, 2.75) is 13.3 Å². The summed E-state index contributed by atoms with van der Waals surface area (Å²) >= 11 is 1.47. The lowest BCUT2D eigenvalue weighted by Gasteiger charge is -2.06. The summed E-state index contributed by atoms with van der Waals surface area (Å²) in [4.78, 5) is 16.6. The molecule has 0 saturated carbocycles. The number of carbonyl (C=O) groups is 1. The van der Waals surface area contributed by atoms with E-state index in [0.717, 1.165) is 16.6 Å². The topological polar surface area (TPSA) is 63.2 Å². The van der Waals surface area contributed by atoms with E-state index in [4.69, 9.17) is 4.74 Å². The van der Waals surface area contributed by atoms with E-state index in [2.05, 4.69) is 28.6 Å². The number of nitrogens with zero attached hydrogens (tertiary/aromatic N) is 1. The molecule has 23 heavy (non-hydrogen) atoms. The predicted octanol–water partition coefficient (Wildman–Crippen LogP) is 4.51. The Hall–Kier alpha value is -2.60. The fraction of sp³-hybridized carbons (Fsp3) is 0.176. The maximum Gasteiger partial charge on any atom is 0.325 e. The number of nitrogens with one attached hydrogen (secondary N) is 2. The highest BCUT2D eigenvalue weighted by molar-refractivity contribution is 7.22. The minimum Gasteiger partial charge on any atom is -0.497 e. The van der Waals surface area contributed by atoms with E-state index < -0.39 is 0 Å². The Kier molecular flexibility index (Phi) is 4.43. The standard InChI is InChI=1S/C17H17N3O2S/c1-3-11-6-4-9-14-15(11)19-17(23-14)20-16(21)18-12-7-5-8-13(10-12)22-2/h4-10H,3H2,1-2H3,(H2,18,19,20,21). The van der Waals surface area contributed by atoms with E-state index in [9.17, 15) is 4.79 Å². The van der Waals surface area contributed by atoms with Gasteiger partial charge in [0.2, 0.25) is 0 Å². The van der Waals surface area contributed by atoms with Crippen molar-refractivity contribution in [3.05, 3.63) is 48.0 Å². The molecule has 0 aliphatic carbocycles. The summed E-state index contributed by atoms with van der Waals surface area (Å²) in [5, 5.41) is 6.14. The van der Waals surface area contributed by atoms with Crippen molar-refractivity contribution >= 4 is 38.4 Å². The molecule has 0 spiro atoms. The van der Waals surface area contributed by atoms with Crippen LogP contribution in [-0.4, -0.2) is 18.1 Å². The van der Waals surface area contributed by atoms with Crippen molar-refractivity contribution in [2.24, 2.45) is 0 Å². The molecule has 3 aromatic rings. The molecule has 0 aliphatic heterocycles. The van der Waals surface area contributed by atoms with Gasteiger partial charge in [0.1, 0.15) is 5.75 Å². The third-order valence-electron chi connectivity index (χ3n) is 3.43. The van der Waals surface area contributed by atoms with Gasteiger partial charge in [-0.25, -0.2) is 9.78 Å². The molecule has 0 atom stereocenters. The molecular weight excluding hydrogens is 310 g/mol. The van der Waals surface area contributed by atoms with Gasteiger partial charge in [0.05, 0.1) is 17.3 Å². The number of anilines is 2. The van der Waals surface area contributed by atoms with Gasteiger partial charge >= 0.3 is 6.03 Å². The van der Waals surface area contributed by atoms with Crippen molar-refractivity contribution in [3.63, 3.8) is 0 Å². The van der Waals surface area contributed by atoms with Crippen molar-refractivity contribution in [1.29, 1.82) is 0 Å². The molecule has 5 nitrogen and oxygen atoms in total. The average Bonchev–Trinajstić information content (AvgIpc) is 2.96. The second kappa shape index (κ2) is 6.66. The first kappa shape index (κ1) is 15.3. The number of para-hydroxylation sites is 1. The molecule has 0 radical (unpaired) electrons. The molecule has 118 valence electrons. The van der Waals surface area contributed by atoms with Crippen LogP contribution in [0.4, 0.5) is 15.6 Å². The summed E-state index contributed by atoms with van der Waals surface area (Å²) in [6.45, 7) is 2.09. The zero-order valence-electron chi connectivity index (χ0n) is 12.9. The SMILES string of the molecule is CCc1cccc2sc(NC(=O)Nc3cccc(OC)c3)nc12. The zero-order chi connectivity index (χ0) is 16.2. The monoisotopic (exact) mass is 327 g/mol. The number of benzene rings is 2. The van der Waals surface area contributed by atoms with Crippen molar-refractivity contribution < 1.29 is 9.53 Å². The van der Waals surface area contributed by atoms with E-state index in [-0.39, 0.29) is 6.03 Å². The number of carbonyl (C=O) groups excluding carboxylic acids is 1. The van der Waals surface area contributed by atoms with Crippen LogP contribution in [-0.2, 0) is 6.42 Å². The number of rotatable bonds is 4. The van der Waals surface area contributed by atoms with Crippen LogP contribution >= 0.6 is 11.3 Å². The first-order chi connectivity index (χ1) is 11.2. The molecule has 0 fully saturated rings. The number of thiazole rings is 1. The molecule has 1 aromatic heterocycles. The number of methoxy groups -OCH3 is 1. The number of aromatic nitrogens is 1. The molecule has 0 bridgehead atoms. The van der Waals surface area contributed by atoms with E-state index in [0.29, 0.717) is 16.6 Å². The van der Waals surface area contributed by atoms with E-state index >= 15 is 0 Å². The van der Waals surface area contributed by atoms with Crippen LogP contribution in [0.15, 0.2) is 42.5 Å². The molecule has 3 rings (SSSR count). The number of hydrogen-bond acceptors (Lipinski definition) is 4. The number of fused-ring (bicyclic) bond motifs is 1. The Labute approximate surface area is 138 Å². The van der Waals surface area contributed by atoms with Crippen molar-refractivity contribution in [2.75, 3.05) is 17.7 Å². The van der Waals surface area contributed by atoms with Gasteiger partial charge in [-0.15, -0.1) is 0 Å². The molecule has 0 saturated heterocycles. The maximum absolute atomic E-state index is 12.1. The second-order valence-electron chi connectivity index (χ2n) is 4.95. The summed E-state index contributed by atoms with van der Waals surface area (Å²) in [6, 6.07) is 13.0. The third kappa shape index (κ3) is 3.43. The lowest BCUT2D eigenvalue weighted by atomic mass is 10.1. The number of ether oxygens (including phenoxy) is 1. The summed E-state index contributed by atoms with van der Waals surface area (Å²) in [6.07, 6.45) is 0.913. The Morgan fingerprint density at radius 2 is 2.04 bits per heavy atom. The molecule has 1 heterocycles. The van der Waals surface area contributed by atoms with Gasteiger partial charge < -0.3 is 10.1 Å². The minimum absolute atomic E-state index is 0.324. The molecule has 0 unspecified atom stereocenters. The fourth-order valence-corrected chi connectivity index (χ4v) is 3.21. The van der Waals surface area contributed by atoms with Crippen LogP contribution in [0.3, 0.4) is 0 Å². The van der Waals surface area contributed by atoms with E-state index in [1.54, 1.807) is 19.2 Å². The van der Waals surface area contributed by atoms with Gasteiger partial charge in [0.15, 0.2) is 5.13 Å². The zero-order valence-corrected chi connectivity index (χ0v) is 13.7. The highest BCUT2D eigenvalue weighted by Gasteiger charge is 2.10. The molecular formula is C17H17N3O2S. The average molecular weight is 327 g/mol. The lowest BCUT2D eigenvalue weighted by molar-refractivity contribution is 0.262. The normalized spacial score (nSPS) is 10.5. The van der Waals surface area contributed by atoms with Crippen LogP contribution in [0.5, 0.6) is 5.75 Å². The quantitative estimate of drug-likeness (QED) is 0.741. The van der Waals surface area contributed by atoms with E-state index in [1.165, 1.54) is 16.9 Å². The molecule has 0 aliphatic rings.